The van der Waals surface area contributed by atoms with E-state index < -0.39 is 0 Å². The molecule has 2 bridgehead atoms. The number of hydrogen-bond acceptors (Lipinski definition) is 1. The van der Waals surface area contributed by atoms with Crippen molar-refractivity contribution in [1.29, 1.82) is 0 Å². The number of hydrogen-bond donors (Lipinski definition) is 1. The highest BCUT2D eigenvalue weighted by molar-refractivity contribution is 5.12. The van der Waals surface area contributed by atoms with Gasteiger partial charge in [-0.15, -0.1) is 0 Å². The maximum Gasteiger partial charge on any atom is 0.0608 e. The second-order valence-corrected chi connectivity index (χ2v) is 4.65. The Labute approximate surface area is 68.1 Å². The van der Waals surface area contributed by atoms with E-state index in [2.05, 4.69) is 26.0 Å². The molecule has 0 aromatic heterocycles. The SMILES string of the molecule is CC1(C)C[C@H]2C=C[C@H]1C[C@H]2O. The van der Waals surface area contributed by atoms with Gasteiger partial charge < -0.3 is 5.11 Å². The minimum Gasteiger partial charge on any atom is -0.392 e. The molecule has 3 aliphatic rings. The number of aliphatic hydroxyl groups excluding tert-OH is 1. The summed E-state index contributed by atoms with van der Waals surface area (Å²) in [6, 6.07) is 0. The zero-order valence-electron chi connectivity index (χ0n) is 7.25. The molecule has 0 aromatic carbocycles. The standard InChI is InChI=1S/C10H16O/c1-10(2)6-7-3-4-8(10)5-9(7)11/h3-4,7-9,11H,5-6H2,1-2H3/t7-,8+,9-/m1/s1. The van der Waals surface area contributed by atoms with Crippen LogP contribution in [0.15, 0.2) is 12.2 Å². The third-order valence-corrected chi connectivity index (χ3v) is 3.35. The summed E-state index contributed by atoms with van der Waals surface area (Å²) in [5.41, 5.74) is 0.429. The van der Waals surface area contributed by atoms with Crippen molar-refractivity contribution in [1.82, 2.24) is 0 Å². The Morgan fingerprint density at radius 1 is 1.36 bits per heavy atom. The van der Waals surface area contributed by atoms with Crippen LogP contribution >= 0.6 is 0 Å². The van der Waals surface area contributed by atoms with Crippen LogP contribution in [-0.4, -0.2) is 11.2 Å². The minimum atomic E-state index is -0.0574. The fraction of sp³-hybridized carbons (Fsp3) is 0.800. The van der Waals surface area contributed by atoms with E-state index in [4.69, 9.17) is 0 Å². The Morgan fingerprint density at radius 2 is 2.09 bits per heavy atom. The van der Waals surface area contributed by atoms with Gasteiger partial charge in [0.1, 0.15) is 0 Å². The highest BCUT2D eigenvalue weighted by Crippen LogP contribution is 2.48. The molecule has 1 fully saturated rings. The van der Waals surface area contributed by atoms with E-state index in [1.165, 1.54) is 0 Å². The third kappa shape index (κ3) is 1.02. The maximum atomic E-state index is 9.58. The van der Waals surface area contributed by atoms with E-state index in [1.807, 2.05) is 0 Å². The van der Waals surface area contributed by atoms with Crippen LogP contribution in [0.5, 0.6) is 0 Å². The third-order valence-electron chi connectivity index (χ3n) is 3.35. The molecule has 0 heterocycles. The van der Waals surface area contributed by atoms with Crippen LogP contribution in [0.2, 0.25) is 0 Å². The van der Waals surface area contributed by atoms with Gasteiger partial charge >= 0.3 is 0 Å². The molecule has 0 amide bonds. The topological polar surface area (TPSA) is 20.2 Å². The molecule has 1 heteroatoms. The smallest absolute Gasteiger partial charge is 0.0608 e. The average molecular weight is 152 g/mol. The molecule has 1 saturated carbocycles. The normalized spacial score (nSPS) is 46.3. The predicted octanol–water partition coefficient (Wildman–Crippen LogP) is 1.97. The van der Waals surface area contributed by atoms with Crippen LogP contribution in [0.3, 0.4) is 0 Å². The summed E-state index contributed by atoms with van der Waals surface area (Å²) < 4.78 is 0. The number of aliphatic hydroxyl groups is 1. The molecule has 0 aromatic rings. The number of allylic oxidation sites excluding steroid dienone is 1. The Morgan fingerprint density at radius 3 is 2.36 bits per heavy atom. The Kier molecular flexibility index (Phi) is 1.40. The van der Waals surface area contributed by atoms with Gasteiger partial charge in [-0.25, -0.2) is 0 Å². The monoisotopic (exact) mass is 152 g/mol. The van der Waals surface area contributed by atoms with E-state index in [-0.39, 0.29) is 6.10 Å². The molecular formula is C10H16O. The molecule has 1 N–H and O–H groups in total. The summed E-state index contributed by atoms with van der Waals surface area (Å²) in [7, 11) is 0. The molecule has 3 rings (SSSR count). The molecule has 3 aliphatic carbocycles. The lowest BCUT2D eigenvalue weighted by molar-refractivity contribution is 0.00256. The first-order chi connectivity index (χ1) is 5.09. The van der Waals surface area contributed by atoms with E-state index >= 15 is 0 Å². The van der Waals surface area contributed by atoms with Gasteiger partial charge in [0.05, 0.1) is 6.10 Å². The summed E-state index contributed by atoms with van der Waals surface area (Å²) in [4.78, 5) is 0. The summed E-state index contributed by atoms with van der Waals surface area (Å²) in [6.07, 6.45) is 6.58. The molecule has 0 radical (unpaired) electrons. The van der Waals surface area contributed by atoms with Crippen molar-refractivity contribution in [3.05, 3.63) is 12.2 Å². The van der Waals surface area contributed by atoms with Crippen LogP contribution in [-0.2, 0) is 0 Å². The van der Waals surface area contributed by atoms with Crippen molar-refractivity contribution in [2.75, 3.05) is 0 Å². The van der Waals surface area contributed by atoms with Gasteiger partial charge in [-0.2, -0.15) is 0 Å². The van der Waals surface area contributed by atoms with Crippen molar-refractivity contribution < 1.29 is 5.11 Å². The highest BCUT2D eigenvalue weighted by atomic mass is 16.3. The Bertz CT molecular complexity index is 193. The first-order valence-electron chi connectivity index (χ1n) is 4.46. The van der Waals surface area contributed by atoms with Gasteiger partial charge in [0, 0.05) is 5.92 Å². The lowest BCUT2D eigenvalue weighted by Crippen LogP contribution is -2.42. The summed E-state index contributed by atoms with van der Waals surface area (Å²) in [6.45, 7) is 4.61. The molecular weight excluding hydrogens is 136 g/mol. The van der Waals surface area contributed by atoms with Crippen molar-refractivity contribution in [2.45, 2.75) is 32.8 Å². The Hall–Kier alpha value is -0.300. The number of rotatable bonds is 0. The zero-order chi connectivity index (χ0) is 8.06. The predicted molar refractivity (Wildman–Crippen MR) is 45.1 cm³/mol. The second kappa shape index (κ2) is 2.10. The molecule has 62 valence electrons. The van der Waals surface area contributed by atoms with Gasteiger partial charge in [-0.05, 0) is 24.2 Å². The largest absolute Gasteiger partial charge is 0.392 e. The molecule has 0 unspecified atom stereocenters. The first kappa shape index (κ1) is 7.35. The lowest BCUT2D eigenvalue weighted by Gasteiger charge is -2.46. The van der Waals surface area contributed by atoms with Crippen LogP contribution in [0.4, 0.5) is 0 Å². The zero-order valence-corrected chi connectivity index (χ0v) is 7.25. The molecule has 11 heavy (non-hydrogen) atoms. The van der Waals surface area contributed by atoms with E-state index in [9.17, 15) is 5.11 Å². The van der Waals surface area contributed by atoms with Crippen LogP contribution in [0.1, 0.15) is 26.7 Å². The summed E-state index contributed by atoms with van der Waals surface area (Å²) in [5.74, 6) is 1.05. The fourth-order valence-corrected chi connectivity index (χ4v) is 2.46. The van der Waals surface area contributed by atoms with Crippen molar-refractivity contribution in [2.24, 2.45) is 17.3 Å². The maximum absolute atomic E-state index is 9.58. The molecule has 0 spiro atoms. The van der Waals surface area contributed by atoms with E-state index in [0.29, 0.717) is 17.3 Å². The van der Waals surface area contributed by atoms with Crippen molar-refractivity contribution in [3.8, 4) is 0 Å². The minimum absolute atomic E-state index is 0.0574. The fourth-order valence-electron chi connectivity index (χ4n) is 2.46. The van der Waals surface area contributed by atoms with Gasteiger partial charge in [-0.3, -0.25) is 0 Å². The number of fused-ring (bicyclic) bond motifs is 2. The summed E-state index contributed by atoms with van der Waals surface area (Å²) >= 11 is 0. The van der Waals surface area contributed by atoms with Gasteiger partial charge in [-0.1, -0.05) is 26.0 Å². The van der Waals surface area contributed by atoms with Gasteiger partial charge in [0.15, 0.2) is 0 Å². The van der Waals surface area contributed by atoms with Gasteiger partial charge in [0.2, 0.25) is 0 Å². The molecule has 3 atom stereocenters. The second-order valence-electron chi connectivity index (χ2n) is 4.65. The quantitative estimate of drug-likeness (QED) is 0.526. The molecule has 1 nitrogen and oxygen atoms in total. The first-order valence-corrected chi connectivity index (χ1v) is 4.46. The van der Waals surface area contributed by atoms with Crippen LogP contribution in [0.25, 0.3) is 0 Å². The van der Waals surface area contributed by atoms with Crippen LogP contribution < -0.4 is 0 Å². The summed E-state index contributed by atoms with van der Waals surface area (Å²) in [5, 5.41) is 9.58. The van der Waals surface area contributed by atoms with E-state index in [1.54, 1.807) is 0 Å². The average Bonchev–Trinajstić information content (AvgIpc) is 1.90. The Balaban J connectivity index is 2.27. The van der Waals surface area contributed by atoms with Crippen LogP contribution in [0, 0.1) is 17.3 Å². The molecule has 0 aliphatic heterocycles. The van der Waals surface area contributed by atoms with Crippen molar-refractivity contribution in [3.63, 3.8) is 0 Å². The van der Waals surface area contributed by atoms with Gasteiger partial charge in [0.25, 0.3) is 0 Å². The lowest BCUT2D eigenvalue weighted by atomic mass is 9.60. The highest BCUT2D eigenvalue weighted by Gasteiger charge is 2.42. The van der Waals surface area contributed by atoms with Crippen molar-refractivity contribution >= 4 is 0 Å². The molecule has 0 saturated heterocycles. The van der Waals surface area contributed by atoms with E-state index in [0.717, 1.165) is 12.8 Å².